The largest absolute Gasteiger partial charge is 0.441 e. The van der Waals surface area contributed by atoms with Gasteiger partial charge in [-0.25, -0.2) is 4.98 Å². The predicted molar refractivity (Wildman–Crippen MR) is 83.9 cm³/mol. The maximum Gasteiger partial charge on any atom is 0.251 e. The van der Waals surface area contributed by atoms with Crippen molar-refractivity contribution in [2.75, 3.05) is 0 Å². The molecule has 0 bridgehead atoms. The molecular weight excluding hydrogens is 280 g/mol. The molecule has 0 radical (unpaired) electrons. The molecule has 22 heavy (non-hydrogen) atoms. The first-order chi connectivity index (χ1) is 10.5. The summed E-state index contributed by atoms with van der Waals surface area (Å²) in [5.74, 6) is 0.611. The zero-order valence-electron chi connectivity index (χ0n) is 12.6. The summed E-state index contributed by atoms with van der Waals surface area (Å²) in [5, 5.41) is 9.75. The molecule has 0 fully saturated rings. The third kappa shape index (κ3) is 2.80. The van der Waals surface area contributed by atoms with Gasteiger partial charge in [-0.3, -0.25) is 4.79 Å². The van der Waals surface area contributed by atoms with E-state index in [1.165, 1.54) is 0 Å². The number of H-pyrrole nitrogens is 1. The Balaban J connectivity index is 1.84. The highest BCUT2D eigenvalue weighted by Gasteiger charge is 2.11. The number of oxazole rings is 1. The number of aromatic nitrogens is 2. The van der Waals surface area contributed by atoms with Crippen molar-refractivity contribution in [2.24, 2.45) is 0 Å². The Labute approximate surface area is 127 Å². The van der Waals surface area contributed by atoms with Crippen molar-refractivity contribution in [3.8, 4) is 0 Å². The Bertz CT molecular complexity index is 829. The summed E-state index contributed by atoms with van der Waals surface area (Å²) in [6.07, 6.45) is 0.447. The van der Waals surface area contributed by atoms with Crippen molar-refractivity contribution in [2.45, 2.75) is 32.8 Å². The molecule has 0 spiro atoms. The number of nitrogens with zero attached hydrogens (tertiary/aromatic N) is 1. The van der Waals surface area contributed by atoms with E-state index in [-0.39, 0.29) is 5.56 Å². The van der Waals surface area contributed by atoms with E-state index in [0.29, 0.717) is 30.0 Å². The van der Waals surface area contributed by atoms with Gasteiger partial charge in [0.15, 0.2) is 11.5 Å². The first kappa shape index (κ1) is 14.5. The standard InChI is InChI=1S/C17H18N2O3/c1-10-13(11(2)20)9-12(17(21)18-10)7-8-16-19-14-5-3-4-6-15(14)22-16/h3-6,9,11,20H,7-8H2,1-2H3,(H,18,21). The molecule has 2 N–H and O–H groups in total. The number of nitrogens with one attached hydrogen (secondary N) is 1. The van der Waals surface area contributed by atoms with Gasteiger partial charge in [-0.2, -0.15) is 0 Å². The second-order valence-electron chi connectivity index (χ2n) is 5.46. The lowest BCUT2D eigenvalue weighted by atomic mass is 10.0. The number of aromatic amines is 1. The van der Waals surface area contributed by atoms with Crippen molar-refractivity contribution in [1.82, 2.24) is 9.97 Å². The molecule has 0 amide bonds. The van der Waals surface area contributed by atoms with E-state index in [4.69, 9.17) is 4.42 Å². The van der Waals surface area contributed by atoms with E-state index >= 15 is 0 Å². The maximum atomic E-state index is 12.0. The number of rotatable bonds is 4. The number of fused-ring (bicyclic) bond motifs is 1. The Kier molecular flexibility index (Phi) is 3.81. The van der Waals surface area contributed by atoms with Crippen LogP contribution in [0.15, 0.2) is 39.5 Å². The fraction of sp³-hybridized carbons (Fsp3) is 0.294. The zero-order valence-corrected chi connectivity index (χ0v) is 12.6. The first-order valence-electron chi connectivity index (χ1n) is 7.30. The number of benzene rings is 1. The molecule has 3 aromatic rings. The van der Waals surface area contributed by atoms with Gasteiger partial charge < -0.3 is 14.5 Å². The molecule has 0 aliphatic carbocycles. The summed E-state index contributed by atoms with van der Waals surface area (Å²) < 4.78 is 5.66. The fourth-order valence-corrected chi connectivity index (χ4v) is 2.57. The molecule has 5 nitrogen and oxygen atoms in total. The summed E-state index contributed by atoms with van der Waals surface area (Å²) in [6.45, 7) is 3.47. The van der Waals surface area contributed by atoms with E-state index in [1.54, 1.807) is 19.9 Å². The third-order valence-corrected chi connectivity index (χ3v) is 3.75. The predicted octanol–water partition coefficient (Wildman–Crippen LogP) is 2.66. The average molecular weight is 298 g/mol. The zero-order chi connectivity index (χ0) is 15.7. The minimum atomic E-state index is -0.611. The van der Waals surface area contributed by atoms with Gasteiger partial charge in [-0.05, 0) is 44.0 Å². The number of aliphatic hydroxyl groups is 1. The molecule has 2 heterocycles. The van der Waals surface area contributed by atoms with Crippen molar-refractivity contribution in [3.63, 3.8) is 0 Å². The molecule has 0 aliphatic rings. The molecule has 3 rings (SSSR count). The molecule has 1 atom stereocenters. The summed E-state index contributed by atoms with van der Waals surface area (Å²) >= 11 is 0. The number of pyridine rings is 1. The van der Waals surface area contributed by atoms with Gasteiger partial charge in [0.25, 0.3) is 5.56 Å². The molecule has 114 valence electrons. The quantitative estimate of drug-likeness (QED) is 0.776. The average Bonchev–Trinajstić information content (AvgIpc) is 2.88. The molecule has 5 heteroatoms. The Morgan fingerprint density at radius 1 is 1.32 bits per heavy atom. The van der Waals surface area contributed by atoms with Gasteiger partial charge in [-0.1, -0.05) is 12.1 Å². The van der Waals surface area contributed by atoms with Crippen LogP contribution in [0.25, 0.3) is 11.1 Å². The normalized spacial score (nSPS) is 12.7. The minimum Gasteiger partial charge on any atom is -0.441 e. The maximum absolute atomic E-state index is 12.0. The minimum absolute atomic E-state index is 0.127. The van der Waals surface area contributed by atoms with Gasteiger partial charge in [0, 0.05) is 17.7 Å². The van der Waals surface area contributed by atoms with Crippen molar-refractivity contribution in [3.05, 3.63) is 63.4 Å². The number of hydrogen-bond donors (Lipinski definition) is 2. The molecule has 2 aromatic heterocycles. The van der Waals surface area contributed by atoms with Crippen LogP contribution in [0.1, 0.15) is 35.7 Å². The van der Waals surface area contributed by atoms with Gasteiger partial charge >= 0.3 is 0 Å². The monoisotopic (exact) mass is 298 g/mol. The van der Waals surface area contributed by atoms with Gasteiger partial charge in [0.1, 0.15) is 5.52 Å². The van der Waals surface area contributed by atoms with Crippen LogP contribution < -0.4 is 5.56 Å². The van der Waals surface area contributed by atoms with Crippen molar-refractivity contribution >= 4 is 11.1 Å². The molecule has 1 aromatic carbocycles. The lowest BCUT2D eigenvalue weighted by Gasteiger charge is -2.10. The van der Waals surface area contributed by atoms with Crippen molar-refractivity contribution in [1.29, 1.82) is 0 Å². The van der Waals surface area contributed by atoms with E-state index < -0.39 is 6.10 Å². The summed E-state index contributed by atoms with van der Waals surface area (Å²) in [7, 11) is 0. The van der Waals surface area contributed by atoms with Gasteiger partial charge in [0.2, 0.25) is 0 Å². The Morgan fingerprint density at radius 2 is 2.09 bits per heavy atom. The lowest BCUT2D eigenvalue weighted by molar-refractivity contribution is 0.198. The summed E-state index contributed by atoms with van der Waals surface area (Å²) in [6, 6.07) is 9.34. The van der Waals surface area contributed by atoms with Gasteiger partial charge in [0.05, 0.1) is 6.10 Å². The molecule has 1 unspecified atom stereocenters. The molecular formula is C17H18N2O3. The van der Waals surface area contributed by atoms with E-state index in [1.807, 2.05) is 24.3 Å². The smallest absolute Gasteiger partial charge is 0.251 e. The van der Waals surface area contributed by atoms with Crippen LogP contribution in [0, 0.1) is 6.92 Å². The number of aliphatic hydroxyl groups excluding tert-OH is 1. The van der Waals surface area contributed by atoms with Crippen LogP contribution in [0.2, 0.25) is 0 Å². The second-order valence-corrected chi connectivity index (χ2v) is 5.46. The SMILES string of the molecule is Cc1[nH]c(=O)c(CCc2nc3ccccc3o2)cc1C(C)O. The van der Waals surface area contributed by atoms with Crippen LogP contribution in [-0.2, 0) is 12.8 Å². The number of aryl methyl sites for hydroxylation is 3. The van der Waals surface area contributed by atoms with E-state index in [2.05, 4.69) is 9.97 Å². The molecule has 0 saturated carbocycles. The summed E-state index contributed by atoms with van der Waals surface area (Å²) in [5.41, 5.74) is 3.51. The van der Waals surface area contributed by atoms with Crippen LogP contribution in [0.3, 0.4) is 0 Å². The highest BCUT2D eigenvalue weighted by Crippen LogP contribution is 2.18. The van der Waals surface area contributed by atoms with Gasteiger partial charge in [-0.15, -0.1) is 0 Å². The van der Waals surface area contributed by atoms with E-state index in [9.17, 15) is 9.90 Å². The van der Waals surface area contributed by atoms with Crippen LogP contribution in [-0.4, -0.2) is 15.1 Å². The fourth-order valence-electron chi connectivity index (χ4n) is 2.57. The highest BCUT2D eigenvalue weighted by atomic mass is 16.3. The lowest BCUT2D eigenvalue weighted by Crippen LogP contribution is -2.17. The van der Waals surface area contributed by atoms with Crippen LogP contribution in [0.4, 0.5) is 0 Å². The van der Waals surface area contributed by atoms with Crippen molar-refractivity contribution < 1.29 is 9.52 Å². The number of para-hydroxylation sites is 2. The summed E-state index contributed by atoms with van der Waals surface area (Å²) in [4.78, 5) is 19.2. The van der Waals surface area contributed by atoms with E-state index in [0.717, 1.165) is 16.7 Å². The second kappa shape index (κ2) is 5.77. The van der Waals surface area contributed by atoms with Crippen LogP contribution >= 0.6 is 0 Å². The van der Waals surface area contributed by atoms with Crippen LogP contribution in [0.5, 0.6) is 0 Å². The third-order valence-electron chi connectivity index (χ3n) is 3.75. The Hall–Kier alpha value is -2.40. The first-order valence-corrected chi connectivity index (χ1v) is 7.30. The Morgan fingerprint density at radius 3 is 2.82 bits per heavy atom. The molecule has 0 saturated heterocycles. The highest BCUT2D eigenvalue weighted by molar-refractivity contribution is 5.72. The number of hydrogen-bond acceptors (Lipinski definition) is 4. The topological polar surface area (TPSA) is 79.1 Å². The molecule has 0 aliphatic heterocycles.